The number of sulfonamides is 1. The van der Waals surface area contributed by atoms with Crippen molar-refractivity contribution in [1.82, 2.24) is 9.21 Å². The Balaban J connectivity index is 1.91. The van der Waals surface area contributed by atoms with Crippen molar-refractivity contribution in [3.05, 3.63) is 30.1 Å². The first kappa shape index (κ1) is 18.7. The van der Waals surface area contributed by atoms with Gasteiger partial charge in [0.25, 0.3) is 0 Å². The zero-order valence-electron chi connectivity index (χ0n) is 14.2. The maximum atomic E-state index is 12.9. The van der Waals surface area contributed by atoms with Crippen LogP contribution in [0, 0.1) is 11.7 Å². The molecule has 0 atom stereocenters. The number of aliphatic imine (C=N–C) groups is 1. The van der Waals surface area contributed by atoms with Gasteiger partial charge in [-0.1, -0.05) is 6.92 Å². The largest absolute Gasteiger partial charge is 0.370 e. The van der Waals surface area contributed by atoms with Crippen molar-refractivity contribution in [3.8, 4) is 0 Å². The summed E-state index contributed by atoms with van der Waals surface area (Å²) in [7, 11) is -2.16. The van der Waals surface area contributed by atoms with Crippen molar-refractivity contribution in [1.29, 1.82) is 0 Å². The summed E-state index contributed by atoms with van der Waals surface area (Å²) in [5.41, 5.74) is 5.98. The van der Waals surface area contributed by atoms with Crippen LogP contribution in [0.15, 0.2) is 34.2 Å². The minimum atomic E-state index is -3.64. The van der Waals surface area contributed by atoms with E-state index in [1.165, 1.54) is 23.5 Å². The Morgan fingerprint density at radius 1 is 1.33 bits per heavy atom. The van der Waals surface area contributed by atoms with Crippen molar-refractivity contribution in [2.24, 2.45) is 16.6 Å². The quantitative estimate of drug-likeness (QED) is 0.640. The molecule has 1 aliphatic heterocycles. The van der Waals surface area contributed by atoms with Gasteiger partial charge in [0.15, 0.2) is 5.96 Å². The van der Waals surface area contributed by atoms with Gasteiger partial charge >= 0.3 is 0 Å². The van der Waals surface area contributed by atoms with Gasteiger partial charge in [0, 0.05) is 26.7 Å². The maximum Gasteiger partial charge on any atom is 0.242 e. The fourth-order valence-electron chi connectivity index (χ4n) is 2.55. The molecule has 8 heteroatoms. The molecule has 0 saturated carbocycles. The molecule has 6 nitrogen and oxygen atoms in total. The summed E-state index contributed by atoms with van der Waals surface area (Å²) < 4.78 is 38.9. The van der Waals surface area contributed by atoms with E-state index in [2.05, 4.69) is 11.9 Å². The van der Waals surface area contributed by atoms with Gasteiger partial charge in [-0.15, -0.1) is 0 Å². The van der Waals surface area contributed by atoms with Crippen LogP contribution in [-0.4, -0.2) is 56.8 Å². The highest BCUT2D eigenvalue weighted by molar-refractivity contribution is 7.89. The number of rotatable bonds is 5. The highest BCUT2D eigenvalue weighted by atomic mass is 32.2. The molecule has 2 rings (SSSR count). The Morgan fingerprint density at radius 3 is 2.50 bits per heavy atom. The van der Waals surface area contributed by atoms with Crippen LogP contribution in [0.2, 0.25) is 0 Å². The third-order valence-corrected chi connectivity index (χ3v) is 6.19. The minimum absolute atomic E-state index is 0.0633. The van der Waals surface area contributed by atoms with Gasteiger partial charge in [0.2, 0.25) is 10.0 Å². The Bertz CT molecular complexity index is 668. The van der Waals surface area contributed by atoms with Crippen LogP contribution in [0.4, 0.5) is 4.39 Å². The topological polar surface area (TPSA) is 79.0 Å². The molecule has 1 aromatic carbocycles. The lowest BCUT2D eigenvalue weighted by molar-refractivity contribution is 0.277. The molecule has 24 heavy (non-hydrogen) atoms. The third kappa shape index (κ3) is 4.67. The van der Waals surface area contributed by atoms with Gasteiger partial charge in [-0.3, -0.25) is 4.99 Å². The standard InChI is InChI=1S/C16H25FN4O2S/c1-13-7-10-21(11-8-13)16(18)19-9-12-20(2)24(22,23)15-5-3-14(17)4-6-15/h3-6,13H,7-12H2,1-2H3,(H2,18,19). The van der Waals surface area contributed by atoms with E-state index < -0.39 is 15.8 Å². The first-order valence-electron chi connectivity index (χ1n) is 8.07. The van der Waals surface area contributed by atoms with E-state index >= 15 is 0 Å². The summed E-state index contributed by atoms with van der Waals surface area (Å²) in [6, 6.07) is 4.78. The second-order valence-electron chi connectivity index (χ2n) is 6.19. The predicted molar refractivity (Wildman–Crippen MR) is 92.7 cm³/mol. The third-order valence-electron chi connectivity index (χ3n) is 4.32. The van der Waals surface area contributed by atoms with E-state index in [0.717, 1.165) is 38.1 Å². The zero-order chi connectivity index (χ0) is 17.7. The summed E-state index contributed by atoms with van der Waals surface area (Å²) in [6.45, 7) is 4.50. The SMILES string of the molecule is CC1CCN(C(N)=NCCN(C)S(=O)(=O)c2ccc(F)cc2)CC1. The molecule has 0 aromatic heterocycles. The van der Waals surface area contributed by atoms with Gasteiger partial charge in [-0.2, -0.15) is 4.31 Å². The fraction of sp³-hybridized carbons (Fsp3) is 0.562. The number of guanidine groups is 1. The Kier molecular flexibility index (Phi) is 6.17. The van der Waals surface area contributed by atoms with Crippen LogP contribution < -0.4 is 5.73 Å². The first-order valence-corrected chi connectivity index (χ1v) is 9.51. The molecule has 1 heterocycles. The Labute approximate surface area is 143 Å². The van der Waals surface area contributed by atoms with Crippen molar-refractivity contribution in [2.45, 2.75) is 24.7 Å². The lowest BCUT2D eigenvalue weighted by Gasteiger charge is -2.31. The van der Waals surface area contributed by atoms with Gasteiger partial charge in [0.1, 0.15) is 5.82 Å². The molecule has 0 aliphatic carbocycles. The summed E-state index contributed by atoms with van der Waals surface area (Å²) >= 11 is 0. The van der Waals surface area contributed by atoms with E-state index in [1.807, 2.05) is 4.90 Å². The lowest BCUT2D eigenvalue weighted by Crippen LogP contribution is -2.43. The van der Waals surface area contributed by atoms with Crippen LogP contribution in [0.3, 0.4) is 0 Å². The number of nitrogens with two attached hydrogens (primary N) is 1. The summed E-state index contributed by atoms with van der Waals surface area (Å²) in [4.78, 5) is 6.39. The van der Waals surface area contributed by atoms with E-state index in [0.29, 0.717) is 11.9 Å². The van der Waals surface area contributed by atoms with Crippen molar-refractivity contribution in [2.75, 3.05) is 33.2 Å². The van der Waals surface area contributed by atoms with Crippen molar-refractivity contribution in [3.63, 3.8) is 0 Å². The molecule has 0 spiro atoms. The second-order valence-corrected chi connectivity index (χ2v) is 8.23. The van der Waals surface area contributed by atoms with Crippen molar-refractivity contribution >= 4 is 16.0 Å². The van der Waals surface area contributed by atoms with Crippen LogP contribution in [0.1, 0.15) is 19.8 Å². The smallest absolute Gasteiger partial charge is 0.242 e. The molecule has 1 saturated heterocycles. The summed E-state index contributed by atoms with van der Waals surface area (Å²) in [5, 5.41) is 0. The average molecular weight is 356 g/mol. The van der Waals surface area contributed by atoms with Gasteiger partial charge in [0.05, 0.1) is 11.4 Å². The predicted octanol–water partition coefficient (Wildman–Crippen LogP) is 1.49. The molecule has 0 radical (unpaired) electrons. The normalized spacial score (nSPS) is 17.5. The molecule has 1 aromatic rings. The van der Waals surface area contributed by atoms with Crippen molar-refractivity contribution < 1.29 is 12.8 Å². The average Bonchev–Trinajstić information content (AvgIpc) is 2.55. The molecule has 1 aliphatic rings. The second kappa shape index (κ2) is 7.94. The molecular formula is C16H25FN4O2S. The van der Waals surface area contributed by atoms with E-state index in [9.17, 15) is 12.8 Å². The molecule has 0 bridgehead atoms. The number of likely N-dealkylation sites (tertiary alicyclic amines) is 1. The van der Waals surface area contributed by atoms with E-state index in [-0.39, 0.29) is 18.0 Å². The summed E-state index contributed by atoms with van der Waals surface area (Å²) in [6.07, 6.45) is 2.18. The Hall–Kier alpha value is -1.67. The molecule has 0 unspecified atom stereocenters. The minimum Gasteiger partial charge on any atom is -0.370 e. The lowest BCUT2D eigenvalue weighted by atomic mass is 10.00. The number of piperidine rings is 1. The molecular weight excluding hydrogens is 331 g/mol. The number of hydrogen-bond acceptors (Lipinski definition) is 3. The van der Waals surface area contributed by atoms with Crippen LogP contribution in [0.5, 0.6) is 0 Å². The summed E-state index contributed by atoms with van der Waals surface area (Å²) in [5.74, 6) is 0.709. The maximum absolute atomic E-state index is 12.9. The van der Waals surface area contributed by atoms with E-state index in [4.69, 9.17) is 5.73 Å². The number of nitrogens with zero attached hydrogens (tertiary/aromatic N) is 3. The first-order chi connectivity index (χ1) is 11.3. The molecule has 134 valence electrons. The van der Waals surface area contributed by atoms with Crippen LogP contribution >= 0.6 is 0 Å². The highest BCUT2D eigenvalue weighted by Crippen LogP contribution is 2.16. The van der Waals surface area contributed by atoms with E-state index in [1.54, 1.807) is 0 Å². The monoisotopic (exact) mass is 356 g/mol. The number of benzene rings is 1. The number of likely N-dealkylation sites (N-methyl/N-ethyl adjacent to an activating group) is 1. The molecule has 2 N–H and O–H groups in total. The number of hydrogen-bond donors (Lipinski definition) is 1. The zero-order valence-corrected chi connectivity index (χ0v) is 15.0. The number of halogens is 1. The van der Waals surface area contributed by atoms with Gasteiger partial charge in [-0.05, 0) is 43.0 Å². The Morgan fingerprint density at radius 2 is 1.92 bits per heavy atom. The fourth-order valence-corrected chi connectivity index (χ4v) is 3.71. The van der Waals surface area contributed by atoms with Crippen LogP contribution in [0.25, 0.3) is 0 Å². The van der Waals surface area contributed by atoms with Gasteiger partial charge in [-0.25, -0.2) is 12.8 Å². The van der Waals surface area contributed by atoms with Crippen LogP contribution in [-0.2, 0) is 10.0 Å². The molecule has 0 amide bonds. The van der Waals surface area contributed by atoms with Gasteiger partial charge < -0.3 is 10.6 Å². The molecule has 1 fully saturated rings. The highest BCUT2D eigenvalue weighted by Gasteiger charge is 2.21.